The first kappa shape index (κ1) is 37.1. The van der Waals surface area contributed by atoms with Crippen LogP contribution < -0.4 is 19.5 Å². The van der Waals surface area contributed by atoms with Crippen LogP contribution in [0.2, 0.25) is 10.0 Å². The van der Waals surface area contributed by atoms with E-state index >= 15 is 0 Å². The van der Waals surface area contributed by atoms with Crippen molar-refractivity contribution in [2.75, 3.05) is 13.2 Å². The quantitative estimate of drug-likeness (QED) is 0.148. The van der Waals surface area contributed by atoms with Gasteiger partial charge in [-0.05, 0) is 105 Å². The molecule has 2 unspecified atom stereocenters. The summed E-state index contributed by atoms with van der Waals surface area (Å²) in [6, 6.07) is 37.8. The van der Waals surface area contributed by atoms with Gasteiger partial charge in [0.05, 0.1) is 26.6 Å². The van der Waals surface area contributed by atoms with Gasteiger partial charge in [-0.15, -0.1) is 11.3 Å². The third kappa shape index (κ3) is 8.24. The SMILES string of the molecule is N#Cc1ccc(-c2ccc(CCNC(=O)C3Cc4cc5c(cc4CN3C(=O)c3cccs3)OC(c3ccc(OCc4ccc(Cl)c(Cl)c4)cc3)CO5)cc2)cc1. The normalized spacial score (nSPS) is 15.7. The number of nitrogens with one attached hydrogen (secondary N) is 1. The van der Waals surface area contributed by atoms with Crippen LogP contribution in [0, 0.1) is 11.3 Å². The summed E-state index contributed by atoms with van der Waals surface area (Å²) < 4.78 is 18.7. The predicted octanol–water partition coefficient (Wildman–Crippen LogP) is 9.61. The van der Waals surface area contributed by atoms with E-state index in [0.717, 1.165) is 38.9 Å². The van der Waals surface area contributed by atoms with Gasteiger partial charge in [-0.25, -0.2) is 0 Å². The number of amides is 2. The number of thiophene rings is 1. The van der Waals surface area contributed by atoms with Crippen LogP contribution in [0.25, 0.3) is 11.1 Å². The topological polar surface area (TPSA) is 101 Å². The van der Waals surface area contributed by atoms with Crippen LogP contribution in [0.5, 0.6) is 17.2 Å². The first-order chi connectivity index (χ1) is 27.3. The number of ether oxygens (including phenoxy) is 3. The van der Waals surface area contributed by atoms with Crippen LogP contribution in [-0.4, -0.2) is 35.9 Å². The second-order valence-corrected chi connectivity index (χ2v) is 15.4. The van der Waals surface area contributed by atoms with E-state index in [2.05, 4.69) is 11.4 Å². The minimum atomic E-state index is -0.691. The van der Waals surface area contributed by atoms with Gasteiger partial charge in [0.1, 0.15) is 25.0 Å². The molecule has 2 amide bonds. The summed E-state index contributed by atoms with van der Waals surface area (Å²) in [6.45, 7) is 1.35. The minimum absolute atomic E-state index is 0.182. The third-order valence-electron chi connectivity index (χ3n) is 10.0. The Hall–Kier alpha value is -5.79. The molecule has 11 heteroatoms. The van der Waals surface area contributed by atoms with E-state index < -0.39 is 6.04 Å². The Labute approximate surface area is 338 Å². The van der Waals surface area contributed by atoms with E-state index in [4.69, 9.17) is 42.7 Å². The van der Waals surface area contributed by atoms with Gasteiger partial charge >= 0.3 is 0 Å². The Morgan fingerprint density at radius 2 is 1.59 bits per heavy atom. The zero-order chi connectivity index (χ0) is 38.6. The number of rotatable bonds is 10. The lowest BCUT2D eigenvalue weighted by Gasteiger charge is -2.37. The number of carbonyl (C=O) groups excluding carboxylic acids is 2. The van der Waals surface area contributed by atoms with E-state index in [9.17, 15) is 9.59 Å². The molecule has 3 heterocycles. The van der Waals surface area contributed by atoms with Gasteiger partial charge in [-0.2, -0.15) is 5.26 Å². The van der Waals surface area contributed by atoms with Gasteiger partial charge < -0.3 is 24.4 Å². The molecule has 2 aliphatic rings. The Balaban J connectivity index is 0.924. The number of nitriles is 1. The summed E-state index contributed by atoms with van der Waals surface area (Å²) in [5.74, 6) is 1.53. The smallest absolute Gasteiger partial charge is 0.264 e. The van der Waals surface area contributed by atoms with E-state index in [0.29, 0.717) is 70.3 Å². The summed E-state index contributed by atoms with van der Waals surface area (Å²) in [4.78, 5) is 29.9. The van der Waals surface area contributed by atoms with Gasteiger partial charge in [0.2, 0.25) is 5.91 Å². The molecule has 2 atom stereocenters. The summed E-state index contributed by atoms with van der Waals surface area (Å²) in [7, 11) is 0. The van der Waals surface area contributed by atoms with Crippen molar-refractivity contribution in [3.05, 3.63) is 169 Å². The number of carbonyl (C=O) groups is 2. The molecule has 1 aromatic heterocycles. The third-order valence-corrected chi connectivity index (χ3v) is 11.6. The first-order valence-electron chi connectivity index (χ1n) is 18.1. The fraction of sp³-hybridized carbons (Fsp3) is 0.178. The minimum Gasteiger partial charge on any atom is -0.489 e. The molecule has 8 nitrogen and oxygen atoms in total. The zero-order valence-electron chi connectivity index (χ0n) is 30.0. The highest BCUT2D eigenvalue weighted by Crippen LogP contribution is 2.41. The second-order valence-electron chi connectivity index (χ2n) is 13.6. The van der Waals surface area contributed by atoms with Crippen molar-refractivity contribution in [1.29, 1.82) is 5.26 Å². The van der Waals surface area contributed by atoms with Gasteiger partial charge in [-0.3, -0.25) is 9.59 Å². The van der Waals surface area contributed by atoms with E-state index in [1.165, 1.54) is 11.3 Å². The second kappa shape index (κ2) is 16.5. The van der Waals surface area contributed by atoms with Crippen LogP contribution >= 0.6 is 34.5 Å². The van der Waals surface area contributed by atoms with Gasteiger partial charge in [0.15, 0.2) is 17.6 Å². The first-order valence-corrected chi connectivity index (χ1v) is 19.8. The molecule has 5 aromatic carbocycles. The lowest BCUT2D eigenvalue weighted by molar-refractivity contribution is -0.126. The standard InChI is InChI=1S/C45H35Cl2N3O5S/c46-37-16-7-30(20-38(37)47)26-53-36-14-12-33(13-15-36)42-27-54-40-22-34-21-39(50(25-35(34)23-41(40)55-42)45(52)43-2-1-19-56-43)44(51)49-18-17-28-3-8-31(9-4-28)32-10-5-29(24-48)6-11-32/h1-16,19-20,22-23,39,42H,17-18,21,25-27H2,(H,49,51). The Morgan fingerprint density at radius 1 is 0.857 bits per heavy atom. The van der Waals surface area contributed by atoms with Gasteiger partial charge in [0, 0.05) is 19.5 Å². The maximum atomic E-state index is 13.8. The van der Waals surface area contributed by atoms with Crippen molar-refractivity contribution in [3.63, 3.8) is 0 Å². The van der Waals surface area contributed by atoms with E-state index in [1.807, 2.05) is 90.3 Å². The van der Waals surface area contributed by atoms with Crippen molar-refractivity contribution in [2.24, 2.45) is 0 Å². The van der Waals surface area contributed by atoms with Gasteiger partial charge in [0.25, 0.3) is 5.91 Å². The highest BCUT2D eigenvalue weighted by Gasteiger charge is 2.37. The van der Waals surface area contributed by atoms with Crippen molar-refractivity contribution >= 4 is 46.4 Å². The number of benzene rings is 5. The molecule has 0 fully saturated rings. The highest BCUT2D eigenvalue weighted by atomic mass is 35.5. The molecule has 280 valence electrons. The van der Waals surface area contributed by atoms with E-state index in [1.54, 1.807) is 35.2 Å². The van der Waals surface area contributed by atoms with Crippen molar-refractivity contribution < 1.29 is 23.8 Å². The van der Waals surface area contributed by atoms with Crippen LogP contribution in [0.1, 0.15) is 49.2 Å². The maximum Gasteiger partial charge on any atom is 0.264 e. The largest absolute Gasteiger partial charge is 0.489 e. The van der Waals surface area contributed by atoms with E-state index in [-0.39, 0.29) is 24.5 Å². The molecule has 6 aromatic rings. The molecule has 8 rings (SSSR count). The van der Waals surface area contributed by atoms with Crippen LogP contribution in [0.3, 0.4) is 0 Å². The fourth-order valence-electron chi connectivity index (χ4n) is 6.93. The molecule has 2 aliphatic heterocycles. The molecular weight excluding hydrogens is 765 g/mol. The number of hydrogen-bond donors (Lipinski definition) is 1. The Bertz CT molecular complexity index is 2410. The maximum absolute atomic E-state index is 13.8. The lowest BCUT2D eigenvalue weighted by atomic mass is 9.92. The zero-order valence-corrected chi connectivity index (χ0v) is 32.4. The summed E-state index contributed by atoms with van der Waals surface area (Å²) in [5, 5.41) is 15.0. The summed E-state index contributed by atoms with van der Waals surface area (Å²) in [6.07, 6.45) is 0.639. The monoisotopic (exact) mass is 799 g/mol. The average molecular weight is 801 g/mol. The Kier molecular flexibility index (Phi) is 11.0. The lowest BCUT2D eigenvalue weighted by Crippen LogP contribution is -2.52. The molecule has 0 radical (unpaired) electrons. The van der Waals surface area contributed by atoms with Gasteiger partial charge in [-0.1, -0.05) is 83.9 Å². The van der Waals surface area contributed by atoms with Crippen molar-refractivity contribution in [3.8, 4) is 34.4 Å². The molecular formula is C45H35Cl2N3O5S. The molecule has 1 N–H and O–H groups in total. The van der Waals surface area contributed by atoms with Crippen LogP contribution in [0.15, 0.2) is 121 Å². The molecule has 0 saturated heterocycles. The van der Waals surface area contributed by atoms with Crippen molar-refractivity contribution in [1.82, 2.24) is 10.2 Å². The highest BCUT2D eigenvalue weighted by molar-refractivity contribution is 7.12. The Morgan fingerprint density at radius 3 is 2.30 bits per heavy atom. The predicted molar refractivity (Wildman–Crippen MR) is 218 cm³/mol. The number of halogens is 2. The molecule has 0 bridgehead atoms. The number of fused-ring (bicyclic) bond motifs is 2. The molecule has 56 heavy (non-hydrogen) atoms. The number of nitrogens with zero attached hydrogens (tertiary/aromatic N) is 2. The summed E-state index contributed by atoms with van der Waals surface area (Å²) in [5.41, 5.74) is 7.49. The van der Waals surface area contributed by atoms with Crippen LogP contribution in [-0.2, 0) is 30.8 Å². The average Bonchev–Trinajstić information content (AvgIpc) is 3.78. The molecule has 0 aliphatic carbocycles. The number of hydrogen-bond acceptors (Lipinski definition) is 7. The van der Waals surface area contributed by atoms with Crippen LogP contribution in [0.4, 0.5) is 0 Å². The van der Waals surface area contributed by atoms with Crippen molar-refractivity contribution in [2.45, 2.75) is 38.1 Å². The summed E-state index contributed by atoms with van der Waals surface area (Å²) >= 11 is 13.5. The fourth-order valence-corrected chi connectivity index (χ4v) is 7.93. The molecule has 0 spiro atoms. The molecule has 0 saturated carbocycles.